The number of hydrogen-bond acceptors (Lipinski definition) is 1. The van der Waals surface area contributed by atoms with Crippen molar-refractivity contribution in [3.05, 3.63) is 0 Å². The van der Waals surface area contributed by atoms with E-state index in [1.807, 2.05) is 6.55 Å². The van der Waals surface area contributed by atoms with Crippen molar-refractivity contribution in [2.45, 2.75) is 19.9 Å². The number of halogens is 1. The molecule has 0 aromatic rings. The van der Waals surface area contributed by atoms with Crippen LogP contribution in [-0.4, -0.2) is 15.0 Å². The minimum atomic E-state index is -0.925. The second kappa shape index (κ2) is 4.62. The van der Waals surface area contributed by atoms with E-state index < -0.39 is 8.35 Å². The van der Waals surface area contributed by atoms with Gasteiger partial charge >= 0.3 is 8.35 Å². The van der Waals surface area contributed by atoms with Crippen molar-refractivity contribution in [3.63, 3.8) is 0 Å². The molecule has 0 atom stereocenters. The molecule has 0 N–H and O–H groups in total. The molecule has 0 unspecified atom stereocenters. The van der Waals surface area contributed by atoms with E-state index in [9.17, 15) is 0 Å². The highest BCUT2D eigenvalue weighted by Crippen LogP contribution is 1.90. The highest BCUT2D eigenvalue weighted by molar-refractivity contribution is 7.02. The van der Waals surface area contributed by atoms with Gasteiger partial charge < -0.3 is 4.43 Å². The van der Waals surface area contributed by atoms with Gasteiger partial charge in [-0.15, -0.1) is 11.1 Å². The third kappa shape index (κ3) is 6.47. The van der Waals surface area contributed by atoms with Crippen molar-refractivity contribution in [3.8, 4) is 0 Å². The van der Waals surface area contributed by atoms with Gasteiger partial charge in [-0.1, -0.05) is 6.92 Å². The Balaban J connectivity index is 2.68. The van der Waals surface area contributed by atoms with Gasteiger partial charge in [0, 0.05) is 6.61 Å². The van der Waals surface area contributed by atoms with Crippen molar-refractivity contribution in [2.24, 2.45) is 0 Å². The van der Waals surface area contributed by atoms with Gasteiger partial charge in [0.05, 0.1) is 0 Å². The standard InChI is InChI=1S/C4H10ClOSi/c1-3-4-6-7(2)5/h3-4H2,1-2H3. The summed E-state index contributed by atoms with van der Waals surface area (Å²) in [6, 6.07) is 0. The first kappa shape index (κ1) is 7.47. The first-order chi connectivity index (χ1) is 3.27. The maximum atomic E-state index is 5.54. The molecule has 0 aliphatic heterocycles. The van der Waals surface area contributed by atoms with Crippen LogP contribution < -0.4 is 0 Å². The van der Waals surface area contributed by atoms with E-state index in [-0.39, 0.29) is 0 Å². The maximum absolute atomic E-state index is 5.54. The summed E-state index contributed by atoms with van der Waals surface area (Å²) in [5.74, 6) is 0. The topological polar surface area (TPSA) is 9.23 Å². The van der Waals surface area contributed by atoms with Gasteiger partial charge in [-0.3, -0.25) is 0 Å². The molecular formula is C4H10ClOSi. The lowest BCUT2D eigenvalue weighted by atomic mass is 10.5. The van der Waals surface area contributed by atoms with Gasteiger partial charge in [-0.2, -0.15) is 0 Å². The second-order valence-electron chi connectivity index (χ2n) is 1.32. The lowest BCUT2D eigenvalue weighted by molar-refractivity contribution is 0.333. The molecule has 0 saturated heterocycles. The van der Waals surface area contributed by atoms with E-state index in [4.69, 9.17) is 15.5 Å². The zero-order valence-electron chi connectivity index (χ0n) is 4.70. The molecule has 0 aromatic carbocycles. The zero-order chi connectivity index (χ0) is 5.70. The van der Waals surface area contributed by atoms with E-state index in [1.165, 1.54) is 0 Å². The molecular weight excluding hydrogens is 128 g/mol. The van der Waals surface area contributed by atoms with Gasteiger partial charge in [-0.25, -0.2) is 0 Å². The van der Waals surface area contributed by atoms with Gasteiger partial charge in [0.2, 0.25) is 0 Å². The van der Waals surface area contributed by atoms with Crippen LogP contribution in [0.1, 0.15) is 13.3 Å². The Morgan fingerprint density at radius 1 is 1.71 bits per heavy atom. The highest BCUT2D eigenvalue weighted by Gasteiger charge is 1.95. The first-order valence-corrected chi connectivity index (χ1v) is 5.31. The lowest BCUT2D eigenvalue weighted by Gasteiger charge is -1.97. The SMILES string of the molecule is CCCO[Si](C)Cl. The van der Waals surface area contributed by atoms with Crippen molar-refractivity contribution < 1.29 is 4.43 Å². The van der Waals surface area contributed by atoms with Crippen LogP contribution in [0.15, 0.2) is 0 Å². The van der Waals surface area contributed by atoms with E-state index in [2.05, 4.69) is 6.92 Å². The molecule has 1 nitrogen and oxygen atoms in total. The number of rotatable bonds is 3. The molecule has 0 heterocycles. The van der Waals surface area contributed by atoms with Crippen molar-refractivity contribution >= 4 is 19.4 Å². The molecule has 0 aliphatic rings. The van der Waals surface area contributed by atoms with Gasteiger partial charge in [-0.05, 0) is 13.0 Å². The number of hydrogen-bond donors (Lipinski definition) is 0. The Hall–Kier alpha value is 0.467. The summed E-state index contributed by atoms with van der Waals surface area (Å²) in [4.78, 5) is 0. The zero-order valence-corrected chi connectivity index (χ0v) is 6.46. The van der Waals surface area contributed by atoms with E-state index in [1.54, 1.807) is 0 Å². The van der Waals surface area contributed by atoms with Crippen molar-refractivity contribution in [1.82, 2.24) is 0 Å². The average Bonchev–Trinajstić information content (AvgIpc) is 1.61. The van der Waals surface area contributed by atoms with E-state index in [0.29, 0.717) is 0 Å². The summed E-state index contributed by atoms with van der Waals surface area (Å²) in [6.45, 7) is 4.80. The van der Waals surface area contributed by atoms with Crippen molar-refractivity contribution in [1.29, 1.82) is 0 Å². The molecule has 0 rings (SSSR count). The average molecular weight is 138 g/mol. The van der Waals surface area contributed by atoms with Gasteiger partial charge in [0.1, 0.15) is 0 Å². The second-order valence-corrected chi connectivity index (χ2v) is 4.14. The summed E-state index contributed by atoms with van der Waals surface area (Å²) >= 11 is 5.54. The van der Waals surface area contributed by atoms with Crippen LogP contribution in [0.4, 0.5) is 0 Å². The normalized spacial score (nSPS) is 10.3. The molecule has 0 spiro atoms. The fraction of sp³-hybridized carbons (Fsp3) is 1.00. The molecule has 7 heavy (non-hydrogen) atoms. The van der Waals surface area contributed by atoms with E-state index >= 15 is 0 Å². The predicted octanol–water partition coefficient (Wildman–Crippen LogP) is 1.77. The summed E-state index contributed by atoms with van der Waals surface area (Å²) < 4.78 is 5.06. The monoisotopic (exact) mass is 137 g/mol. The molecule has 0 bridgehead atoms. The molecule has 0 saturated carbocycles. The fourth-order valence-corrected chi connectivity index (χ4v) is 0.960. The highest BCUT2D eigenvalue weighted by atomic mass is 35.6. The first-order valence-electron chi connectivity index (χ1n) is 2.39. The van der Waals surface area contributed by atoms with Crippen LogP contribution in [0.5, 0.6) is 0 Å². The van der Waals surface area contributed by atoms with Crippen LogP contribution in [0, 0.1) is 0 Å². The minimum Gasteiger partial charge on any atom is -0.403 e. The minimum absolute atomic E-state index is 0.814. The van der Waals surface area contributed by atoms with Crippen LogP contribution in [0.3, 0.4) is 0 Å². The predicted molar refractivity (Wildman–Crippen MR) is 33.7 cm³/mol. The van der Waals surface area contributed by atoms with Crippen LogP contribution in [0.25, 0.3) is 0 Å². The molecule has 0 aromatic heterocycles. The fourth-order valence-electron chi connectivity index (χ4n) is 0.243. The molecule has 3 heteroatoms. The smallest absolute Gasteiger partial charge is 0.319 e. The van der Waals surface area contributed by atoms with Crippen LogP contribution >= 0.6 is 11.1 Å². The van der Waals surface area contributed by atoms with Gasteiger partial charge in [0.15, 0.2) is 0 Å². The van der Waals surface area contributed by atoms with Crippen LogP contribution in [0.2, 0.25) is 6.55 Å². The Morgan fingerprint density at radius 2 is 2.29 bits per heavy atom. The molecule has 0 aliphatic carbocycles. The van der Waals surface area contributed by atoms with E-state index in [0.717, 1.165) is 13.0 Å². The van der Waals surface area contributed by atoms with Crippen LogP contribution in [-0.2, 0) is 4.43 Å². The Kier molecular flexibility index (Phi) is 4.93. The Labute approximate surface area is 51.1 Å². The third-order valence-corrected chi connectivity index (χ3v) is 1.43. The molecule has 43 valence electrons. The quantitative estimate of drug-likeness (QED) is 0.426. The summed E-state index contributed by atoms with van der Waals surface area (Å²) in [5, 5.41) is 0. The maximum Gasteiger partial charge on any atom is 0.319 e. The third-order valence-electron chi connectivity index (χ3n) is 0.505. The summed E-state index contributed by atoms with van der Waals surface area (Å²) in [6.07, 6.45) is 1.06. The van der Waals surface area contributed by atoms with Crippen molar-refractivity contribution in [2.75, 3.05) is 6.61 Å². The summed E-state index contributed by atoms with van der Waals surface area (Å²) in [5.41, 5.74) is 0. The molecule has 1 radical (unpaired) electrons. The Morgan fingerprint density at radius 3 is 2.43 bits per heavy atom. The summed E-state index contributed by atoms with van der Waals surface area (Å²) in [7, 11) is -0.925. The van der Waals surface area contributed by atoms with Gasteiger partial charge in [0.25, 0.3) is 0 Å². The molecule has 0 amide bonds. The molecule has 0 fully saturated rings. The largest absolute Gasteiger partial charge is 0.403 e. The lowest BCUT2D eigenvalue weighted by Crippen LogP contribution is -2.04. The Bertz CT molecular complexity index is 40.7.